The SMILES string of the molecule is CSc1cccc(NC(=O)[C@H](N)C(C)C)c1. The third kappa shape index (κ3) is 3.54. The number of hydrogen-bond donors (Lipinski definition) is 2. The normalized spacial score (nSPS) is 12.6. The molecule has 1 aromatic carbocycles. The summed E-state index contributed by atoms with van der Waals surface area (Å²) in [6.07, 6.45) is 2.00. The van der Waals surface area contributed by atoms with E-state index in [9.17, 15) is 4.79 Å². The molecule has 1 rings (SSSR count). The number of nitrogens with one attached hydrogen (secondary N) is 1. The van der Waals surface area contributed by atoms with E-state index in [1.54, 1.807) is 11.8 Å². The fraction of sp³-hybridized carbons (Fsp3) is 0.417. The molecule has 1 amide bonds. The monoisotopic (exact) mass is 238 g/mol. The van der Waals surface area contributed by atoms with Crippen LogP contribution in [0.25, 0.3) is 0 Å². The van der Waals surface area contributed by atoms with E-state index in [0.717, 1.165) is 10.6 Å². The third-order valence-corrected chi connectivity index (χ3v) is 3.08. The van der Waals surface area contributed by atoms with Gasteiger partial charge in [-0.2, -0.15) is 0 Å². The van der Waals surface area contributed by atoms with Crippen LogP contribution in [0.3, 0.4) is 0 Å². The first-order chi connectivity index (χ1) is 7.54. The Balaban J connectivity index is 2.69. The summed E-state index contributed by atoms with van der Waals surface area (Å²) in [7, 11) is 0. The molecule has 0 fully saturated rings. The van der Waals surface area contributed by atoms with Crippen molar-refractivity contribution in [3.63, 3.8) is 0 Å². The first-order valence-electron chi connectivity index (χ1n) is 5.25. The lowest BCUT2D eigenvalue weighted by molar-refractivity contribution is -0.118. The van der Waals surface area contributed by atoms with E-state index in [4.69, 9.17) is 5.73 Å². The average Bonchev–Trinajstić information content (AvgIpc) is 2.28. The van der Waals surface area contributed by atoms with E-state index in [2.05, 4.69) is 5.32 Å². The summed E-state index contributed by atoms with van der Waals surface area (Å²) in [5, 5.41) is 2.82. The molecule has 3 nitrogen and oxygen atoms in total. The summed E-state index contributed by atoms with van der Waals surface area (Å²) in [6.45, 7) is 3.87. The Morgan fingerprint density at radius 3 is 2.69 bits per heavy atom. The summed E-state index contributed by atoms with van der Waals surface area (Å²) in [6, 6.07) is 7.27. The topological polar surface area (TPSA) is 55.1 Å². The van der Waals surface area contributed by atoms with E-state index in [0.29, 0.717) is 0 Å². The van der Waals surface area contributed by atoms with Crippen LogP contribution in [0.5, 0.6) is 0 Å². The molecule has 0 aliphatic carbocycles. The molecular formula is C12H18N2OS. The van der Waals surface area contributed by atoms with Crippen molar-refractivity contribution in [1.82, 2.24) is 0 Å². The largest absolute Gasteiger partial charge is 0.325 e. The maximum atomic E-state index is 11.7. The first kappa shape index (κ1) is 13.1. The van der Waals surface area contributed by atoms with Crippen LogP contribution < -0.4 is 11.1 Å². The minimum Gasteiger partial charge on any atom is -0.325 e. The van der Waals surface area contributed by atoms with Crippen molar-refractivity contribution in [3.8, 4) is 0 Å². The van der Waals surface area contributed by atoms with E-state index in [1.165, 1.54) is 0 Å². The quantitative estimate of drug-likeness (QED) is 0.792. The number of benzene rings is 1. The molecule has 0 aromatic heterocycles. The summed E-state index contributed by atoms with van der Waals surface area (Å²) in [4.78, 5) is 12.8. The molecule has 4 heteroatoms. The van der Waals surface area contributed by atoms with Gasteiger partial charge in [0.25, 0.3) is 0 Å². The van der Waals surface area contributed by atoms with Gasteiger partial charge in [0.2, 0.25) is 5.91 Å². The van der Waals surface area contributed by atoms with Crippen molar-refractivity contribution in [3.05, 3.63) is 24.3 Å². The predicted molar refractivity (Wildman–Crippen MR) is 69.7 cm³/mol. The van der Waals surface area contributed by atoms with Gasteiger partial charge in [0, 0.05) is 10.6 Å². The standard InChI is InChI=1S/C12H18N2OS/c1-8(2)11(13)12(15)14-9-5-4-6-10(7-9)16-3/h4-8,11H,13H2,1-3H3,(H,14,15)/t11-/m1/s1. The lowest BCUT2D eigenvalue weighted by Crippen LogP contribution is -2.39. The summed E-state index contributed by atoms with van der Waals surface area (Å²) >= 11 is 1.64. The van der Waals surface area contributed by atoms with Crippen LogP contribution in [0.15, 0.2) is 29.2 Å². The summed E-state index contributed by atoms with van der Waals surface area (Å²) in [5.74, 6) is 0.0111. The number of amides is 1. The van der Waals surface area contributed by atoms with Gasteiger partial charge in [0.1, 0.15) is 0 Å². The van der Waals surface area contributed by atoms with E-state index >= 15 is 0 Å². The molecule has 3 N–H and O–H groups in total. The zero-order valence-corrected chi connectivity index (χ0v) is 10.7. The molecule has 0 radical (unpaired) electrons. The number of thioether (sulfide) groups is 1. The predicted octanol–water partition coefficient (Wildman–Crippen LogP) is 2.33. The maximum Gasteiger partial charge on any atom is 0.241 e. The lowest BCUT2D eigenvalue weighted by atomic mass is 10.1. The number of carbonyl (C=O) groups excluding carboxylic acids is 1. The number of nitrogens with two attached hydrogens (primary N) is 1. The highest BCUT2D eigenvalue weighted by Crippen LogP contribution is 2.19. The fourth-order valence-corrected chi connectivity index (χ4v) is 1.69. The highest BCUT2D eigenvalue weighted by atomic mass is 32.2. The summed E-state index contributed by atoms with van der Waals surface area (Å²) < 4.78 is 0. The maximum absolute atomic E-state index is 11.7. The number of carbonyl (C=O) groups is 1. The zero-order valence-electron chi connectivity index (χ0n) is 9.86. The molecule has 0 aliphatic rings. The Morgan fingerprint density at radius 2 is 2.12 bits per heavy atom. The molecule has 0 saturated carbocycles. The number of anilines is 1. The molecule has 0 spiro atoms. The van der Waals surface area contributed by atoms with Gasteiger partial charge >= 0.3 is 0 Å². The minimum absolute atomic E-state index is 0.131. The molecule has 0 bridgehead atoms. The first-order valence-corrected chi connectivity index (χ1v) is 6.47. The Morgan fingerprint density at radius 1 is 1.44 bits per heavy atom. The highest BCUT2D eigenvalue weighted by Gasteiger charge is 2.16. The van der Waals surface area contributed by atoms with Crippen molar-refractivity contribution in [2.24, 2.45) is 11.7 Å². The van der Waals surface area contributed by atoms with Gasteiger partial charge in [0.05, 0.1) is 6.04 Å². The molecular weight excluding hydrogens is 220 g/mol. The van der Waals surface area contributed by atoms with Crippen LogP contribution >= 0.6 is 11.8 Å². The van der Waals surface area contributed by atoms with Crippen molar-refractivity contribution < 1.29 is 4.79 Å². The second kappa shape index (κ2) is 5.92. The van der Waals surface area contributed by atoms with Crippen LogP contribution in [-0.4, -0.2) is 18.2 Å². The second-order valence-corrected chi connectivity index (χ2v) is 4.87. The van der Waals surface area contributed by atoms with Gasteiger partial charge in [0.15, 0.2) is 0 Å². The van der Waals surface area contributed by atoms with Crippen molar-refractivity contribution in [2.45, 2.75) is 24.8 Å². The van der Waals surface area contributed by atoms with E-state index in [-0.39, 0.29) is 11.8 Å². The molecule has 0 unspecified atom stereocenters. The Hall–Kier alpha value is -1.00. The van der Waals surface area contributed by atoms with Gasteiger partial charge in [-0.1, -0.05) is 19.9 Å². The zero-order chi connectivity index (χ0) is 12.1. The lowest BCUT2D eigenvalue weighted by Gasteiger charge is -2.15. The van der Waals surface area contributed by atoms with Gasteiger partial charge in [-0.3, -0.25) is 4.79 Å². The van der Waals surface area contributed by atoms with Gasteiger partial charge in [-0.15, -0.1) is 11.8 Å². The van der Waals surface area contributed by atoms with Gasteiger partial charge in [-0.25, -0.2) is 0 Å². The molecule has 1 atom stereocenters. The number of rotatable bonds is 4. The smallest absolute Gasteiger partial charge is 0.241 e. The molecule has 0 saturated heterocycles. The molecule has 0 heterocycles. The Labute approximate surface area is 101 Å². The Kier molecular flexibility index (Phi) is 4.83. The second-order valence-electron chi connectivity index (χ2n) is 3.99. The van der Waals surface area contributed by atoms with Crippen LogP contribution in [0.2, 0.25) is 0 Å². The highest BCUT2D eigenvalue weighted by molar-refractivity contribution is 7.98. The van der Waals surface area contributed by atoms with Crippen molar-refractivity contribution in [2.75, 3.05) is 11.6 Å². The van der Waals surface area contributed by atoms with Crippen molar-refractivity contribution in [1.29, 1.82) is 0 Å². The van der Waals surface area contributed by atoms with Crippen LogP contribution in [0, 0.1) is 5.92 Å². The molecule has 0 aliphatic heterocycles. The molecule has 1 aromatic rings. The van der Waals surface area contributed by atoms with Crippen molar-refractivity contribution >= 4 is 23.4 Å². The fourth-order valence-electron chi connectivity index (χ4n) is 1.23. The van der Waals surface area contributed by atoms with E-state index in [1.807, 2.05) is 44.4 Å². The van der Waals surface area contributed by atoms with Gasteiger partial charge < -0.3 is 11.1 Å². The van der Waals surface area contributed by atoms with Crippen LogP contribution in [0.4, 0.5) is 5.69 Å². The molecule has 88 valence electrons. The summed E-state index contributed by atoms with van der Waals surface area (Å²) in [5.41, 5.74) is 6.56. The Bertz CT molecular complexity index is 366. The number of hydrogen-bond acceptors (Lipinski definition) is 3. The molecule has 16 heavy (non-hydrogen) atoms. The van der Waals surface area contributed by atoms with Gasteiger partial charge in [-0.05, 0) is 30.4 Å². The van der Waals surface area contributed by atoms with Crippen LogP contribution in [0.1, 0.15) is 13.8 Å². The minimum atomic E-state index is -0.460. The van der Waals surface area contributed by atoms with Crippen LogP contribution in [-0.2, 0) is 4.79 Å². The average molecular weight is 238 g/mol. The van der Waals surface area contributed by atoms with E-state index < -0.39 is 6.04 Å². The third-order valence-electron chi connectivity index (χ3n) is 2.36.